The van der Waals surface area contributed by atoms with Crippen LogP contribution < -0.4 is 21.3 Å². The number of carbonyl (C=O) groups excluding carboxylic acids is 1. The van der Waals surface area contributed by atoms with E-state index in [0.717, 1.165) is 66.2 Å². The summed E-state index contributed by atoms with van der Waals surface area (Å²) in [6.45, 7) is 7.30. The van der Waals surface area contributed by atoms with Gasteiger partial charge in [-0.05, 0) is 73.1 Å². The first-order valence-electron chi connectivity index (χ1n) is 11.4. The minimum absolute atomic E-state index is 0.482. The Balaban J connectivity index is 1.54. The van der Waals surface area contributed by atoms with Crippen LogP contribution in [0.3, 0.4) is 0 Å². The summed E-state index contributed by atoms with van der Waals surface area (Å²) in [5, 5.41) is 6.59. The lowest BCUT2D eigenvalue weighted by atomic mass is 9.97. The van der Waals surface area contributed by atoms with Crippen LogP contribution in [-0.2, 0) is 9.53 Å². The van der Waals surface area contributed by atoms with Crippen LogP contribution >= 0.6 is 0 Å². The predicted molar refractivity (Wildman–Crippen MR) is 135 cm³/mol. The zero-order valence-corrected chi connectivity index (χ0v) is 19.3. The molecule has 1 fully saturated rings. The summed E-state index contributed by atoms with van der Waals surface area (Å²) < 4.78 is 5.49. The average molecular weight is 457 g/mol. The van der Waals surface area contributed by atoms with E-state index in [1.165, 1.54) is 11.3 Å². The number of nitrogens with one attached hydrogen (secondary N) is 2. The lowest BCUT2D eigenvalue weighted by Gasteiger charge is -2.30. The zero-order chi connectivity index (χ0) is 23.7. The molecule has 1 saturated heterocycles. The summed E-state index contributed by atoms with van der Waals surface area (Å²) >= 11 is 0. The summed E-state index contributed by atoms with van der Waals surface area (Å²) in [5.41, 5.74) is 13.5. The maximum absolute atomic E-state index is 11.8. The minimum Gasteiger partial charge on any atom is -0.383 e. The SMILES string of the molecule is Cc1cc(Nc2nc(-c3cnc(N)c(C)c3)cc3c2C(C=O)NC=C3)ccc1N1CCOCC1. The molecule has 1 atom stereocenters. The molecule has 4 heterocycles. The number of nitrogens with two attached hydrogens (primary N) is 1. The number of fused-ring (bicyclic) bond motifs is 1. The highest BCUT2D eigenvalue weighted by Crippen LogP contribution is 2.35. The highest BCUT2D eigenvalue weighted by atomic mass is 16.5. The van der Waals surface area contributed by atoms with Gasteiger partial charge in [-0.3, -0.25) is 0 Å². The summed E-state index contributed by atoms with van der Waals surface area (Å²) in [7, 11) is 0. The van der Waals surface area contributed by atoms with Crippen LogP contribution in [-0.4, -0.2) is 42.6 Å². The Morgan fingerprint density at radius 3 is 2.74 bits per heavy atom. The highest BCUT2D eigenvalue weighted by Gasteiger charge is 2.23. The van der Waals surface area contributed by atoms with Gasteiger partial charge in [-0.2, -0.15) is 0 Å². The van der Waals surface area contributed by atoms with Crippen molar-refractivity contribution in [2.45, 2.75) is 19.9 Å². The average Bonchev–Trinajstić information content (AvgIpc) is 2.85. The number of aromatic nitrogens is 2. The van der Waals surface area contributed by atoms with E-state index in [1.54, 1.807) is 12.4 Å². The monoisotopic (exact) mass is 456 g/mol. The molecule has 0 aliphatic carbocycles. The van der Waals surface area contributed by atoms with Crippen LogP contribution in [0.1, 0.15) is 28.3 Å². The molecule has 174 valence electrons. The molecule has 5 rings (SSSR count). The number of carbonyl (C=O) groups is 1. The molecule has 2 aromatic heterocycles. The minimum atomic E-state index is -0.482. The Morgan fingerprint density at radius 1 is 1.18 bits per heavy atom. The molecule has 34 heavy (non-hydrogen) atoms. The topological polar surface area (TPSA) is 105 Å². The number of hydrogen-bond donors (Lipinski definition) is 3. The molecular formula is C26H28N6O2. The summed E-state index contributed by atoms with van der Waals surface area (Å²) in [6.07, 6.45) is 6.37. The fourth-order valence-corrected chi connectivity index (χ4v) is 4.47. The molecule has 8 heteroatoms. The summed E-state index contributed by atoms with van der Waals surface area (Å²) in [4.78, 5) is 23.4. The number of ether oxygens (including phenoxy) is 1. The van der Waals surface area contributed by atoms with Gasteiger partial charge in [0.2, 0.25) is 0 Å². The molecule has 1 unspecified atom stereocenters. The van der Waals surface area contributed by atoms with E-state index in [2.05, 4.69) is 45.6 Å². The molecule has 2 aliphatic heterocycles. The van der Waals surface area contributed by atoms with E-state index in [9.17, 15) is 4.79 Å². The Bertz CT molecular complexity index is 1270. The second-order valence-electron chi connectivity index (χ2n) is 8.62. The van der Waals surface area contributed by atoms with Crippen LogP contribution in [0.25, 0.3) is 17.3 Å². The third kappa shape index (κ3) is 4.20. The van der Waals surface area contributed by atoms with E-state index in [1.807, 2.05) is 25.1 Å². The van der Waals surface area contributed by atoms with E-state index >= 15 is 0 Å². The van der Waals surface area contributed by atoms with Gasteiger partial charge in [-0.1, -0.05) is 0 Å². The van der Waals surface area contributed by atoms with Gasteiger partial charge in [0.1, 0.15) is 24.0 Å². The number of anilines is 4. The molecule has 4 N–H and O–H groups in total. The van der Waals surface area contributed by atoms with E-state index in [4.69, 9.17) is 15.5 Å². The number of nitrogen functional groups attached to an aromatic ring is 1. The second-order valence-corrected chi connectivity index (χ2v) is 8.62. The van der Waals surface area contributed by atoms with Crippen molar-refractivity contribution in [2.24, 2.45) is 0 Å². The number of hydrogen-bond acceptors (Lipinski definition) is 8. The van der Waals surface area contributed by atoms with Gasteiger partial charge >= 0.3 is 0 Å². The molecule has 0 amide bonds. The molecule has 2 aliphatic rings. The number of pyridine rings is 2. The smallest absolute Gasteiger partial charge is 0.146 e. The van der Waals surface area contributed by atoms with E-state index < -0.39 is 6.04 Å². The third-order valence-electron chi connectivity index (χ3n) is 6.30. The maximum atomic E-state index is 11.8. The number of aryl methyl sites for hydroxylation is 2. The predicted octanol–water partition coefficient (Wildman–Crippen LogP) is 3.74. The lowest BCUT2D eigenvalue weighted by Crippen LogP contribution is -2.36. The maximum Gasteiger partial charge on any atom is 0.146 e. The van der Waals surface area contributed by atoms with Crippen molar-refractivity contribution in [3.8, 4) is 11.3 Å². The van der Waals surface area contributed by atoms with Crippen molar-refractivity contribution >= 4 is 35.4 Å². The van der Waals surface area contributed by atoms with Gasteiger partial charge in [0.25, 0.3) is 0 Å². The standard InChI is InChI=1S/C26H28N6O2/c1-16-12-20(3-4-23(16)32-7-9-34-10-8-32)30-26-24-18(5-6-28-22(24)15-33)13-21(31-26)19-11-17(2)25(27)29-14-19/h3-6,11-15,22,28H,7-10H2,1-2H3,(H2,27,29)(H,30,31). The quantitative estimate of drug-likeness (QED) is 0.499. The molecule has 3 aromatic rings. The van der Waals surface area contributed by atoms with Crippen LogP contribution in [0, 0.1) is 13.8 Å². The third-order valence-corrected chi connectivity index (χ3v) is 6.30. The molecule has 1 aromatic carbocycles. The zero-order valence-electron chi connectivity index (χ0n) is 19.3. The number of morpholine rings is 1. The number of rotatable bonds is 5. The van der Waals surface area contributed by atoms with Crippen molar-refractivity contribution in [1.29, 1.82) is 0 Å². The van der Waals surface area contributed by atoms with Crippen molar-refractivity contribution in [3.63, 3.8) is 0 Å². The number of aldehydes is 1. The van der Waals surface area contributed by atoms with Crippen LogP contribution in [0.2, 0.25) is 0 Å². The van der Waals surface area contributed by atoms with Crippen molar-refractivity contribution in [2.75, 3.05) is 42.3 Å². The Kier molecular flexibility index (Phi) is 5.90. The number of nitrogens with zero attached hydrogens (tertiary/aromatic N) is 3. The van der Waals surface area contributed by atoms with Gasteiger partial charge in [0.15, 0.2) is 0 Å². The first-order valence-corrected chi connectivity index (χ1v) is 11.4. The molecule has 0 saturated carbocycles. The fraction of sp³-hybridized carbons (Fsp3) is 0.269. The molecule has 8 nitrogen and oxygen atoms in total. The van der Waals surface area contributed by atoms with Crippen LogP contribution in [0.15, 0.2) is 42.7 Å². The van der Waals surface area contributed by atoms with Gasteiger partial charge in [0, 0.05) is 41.8 Å². The van der Waals surface area contributed by atoms with E-state index in [-0.39, 0.29) is 0 Å². The summed E-state index contributed by atoms with van der Waals surface area (Å²) in [6, 6.07) is 9.77. The van der Waals surface area contributed by atoms with Gasteiger partial charge in [-0.25, -0.2) is 9.97 Å². The molecule has 0 spiro atoms. The van der Waals surface area contributed by atoms with Crippen molar-refractivity contribution < 1.29 is 9.53 Å². The van der Waals surface area contributed by atoms with Gasteiger partial charge < -0.3 is 30.8 Å². The van der Waals surface area contributed by atoms with Crippen LogP contribution in [0.4, 0.5) is 23.0 Å². The van der Waals surface area contributed by atoms with Crippen LogP contribution in [0.5, 0.6) is 0 Å². The van der Waals surface area contributed by atoms with Gasteiger partial charge in [-0.15, -0.1) is 0 Å². The van der Waals surface area contributed by atoms with Crippen molar-refractivity contribution in [1.82, 2.24) is 15.3 Å². The van der Waals surface area contributed by atoms with Gasteiger partial charge in [0.05, 0.1) is 18.9 Å². The largest absolute Gasteiger partial charge is 0.383 e. The highest BCUT2D eigenvalue weighted by molar-refractivity contribution is 5.80. The molecular weight excluding hydrogens is 428 g/mol. The Labute approximate surface area is 198 Å². The summed E-state index contributed by atoms with van der Waals surface area (Å²) in [5.74, 6) is 1.13. The second kappa shape index (κ2) is 9.15. The lowest BCUT2D eigenvalue weighted by molar-refractivity contribution is -0.109. The first-order chi connectivity index (χ1) is 16.5. The number of benzene rings is 1. The molecule has 0 radical (unpaired) electrons. The molecule has 0 bridgehead atoms. The Hall–Kier alpha value is -3.91. The van der Waals surface area contributed by atoms with E-state index in [0.29, 0.717) is 11.6 Å². The Morgan fingerprint density at radius 2 is 2.00 bits per heavy atom. The first kappa shape index (κ1) is 21.9. The fourth-order valence-electron chi connectivity index (χ4n) is 4.47. The van der Waals surface area contributed by atoms with Crippen molar-refractivity contribution in [3.05, 3.63) is 65.0 Å². The normalized spacial score (nSPS) is 17.1.